The number of ether oxygens (including phenoxy) is 2. The SMILES string of the molecule is CCOC(=O)Cc1cccc(C(=O)OCc2ccccc2)c1. The summed E-state index contributed by atoms with van der Waals surface area (Å²) in [6.07, 6.45) is 0.146. The van der Waals surface area contributed by atoms with Crippen LogP contribution in [0.2, 0.25) is 0 Å². The van der Waals surface area contributed by atoms with Gasteiger partial charge in [0.05, 0.1) is 18.6 Å². The molecule has 4 nitrogen and oxygen atoms in total. The van der Waals surface area contributed by atoms with Crippen LogP contribution in [0, 0.1) is 0 Å². The van der Waals surface area contributed by atoms with Gasteiger partial charge in [-0.15, -0.1) is 0 Å². The molecule has 0 heterocycles. The summed E-state index contributed by atoms with van der Waals surface area (Å²) in [6, 6.07) is 16.3. The van der Waals surface area contributed by atoms with E-state index in [1.165, 1.54) is 0 Å². The van der Waals surface area contributed by atoms with Crippen LogP contribution < -0.4 is 0 Å². The molecule has 0 aliphatic heterocycles. The van der Waals surface area contributed by atoms with E-state index in [9.17, 15) is 9.59 Å². The van der Waals surface area contributed by atoms with Gasteiger partial charge in [0.15, 0.2) is 0 Å². The third kappa shape index (κ3) is 4.74. The molecule has 0 saturated carbocycles. The highest BCUT2D eigenvalue weighted by Gasteiger charge is 2.10. The lowest BCUT2D eigenvalue weighted by atomic mass is 10.1. The summed E-state index contributed by atoms with van der Waals surface area (Å²) in [5, 5.41) is 0. The fourth-order valence-corrected chi connectivity index (χ4v) is 1.99. The minimum atomic E-state index is -0.408. The van der Waals surface area contributed by atoms with E-state index >= 15 is 0 Å². The van der Waals surface area contributed by atoms with Gasteiger partial charge in [0.2, 0.25) is 0 Å². The smallest absolute Gasteiger partial charge is 0.338 e. The van der Waals surface area contributed by atoms with Gasteiger partial charge in [-0.3, -0.25) is 4.79 Å². The Bertz CT molecular complexity index is 635. The number of hydrogen-bond donors (Lipinski definition) is 0. The van der Waals surface area contributed by atoms with E-state index in [0.717, 1.165) is 11.1 Å². The Hall–Kier alpha value is -2.62. The third-order valence-corrected chi connectivity index (χ3v) is 3.03. The van der Waals surface area contributed by atoms with E-state index in [4.69, 9.17) is 9.47 Å². The van der Waals surface area contributed by atoms with Gasteiger partial charge in [-0.1, -0.05) is 42.5 Å². The highest BCUT2D eigenvalue weighted by atomic mass is 16.5. The molecule has 0 amide bonds. The van der Waals surface area contributed by atoms with Crippen molar-refractivity contribution in [2.45, 2.75) is 20.0 Å². The van der Waals surface area contributed by atoms with Gasteiger partial charge in [-0.2, -0.15) is 0 Å². The van der Waals surface area contributed by atoms with E-state index in [2.05, 4.69) is 0 Å². The van der Waals surface area contributed by atoms with Crippen LogP contribution in [0.4, 0.5) is 0 Å². The Morgan fingerprint density at radius 1 is 0.909 bits per heavy atom. The van der Waals surface area contributed by atoms with Gasteiger partial charge in [0.1, 0.15) is 6.61 Å². The molecule has 0 spiro atoms. The number of benzene rings is 2. The topological polar surface area (TPSA) is 52.6 Å². The lowest BCUT2D eigenvalue weighted by Crippen LogP contribution is -2.09. The van der Waals surface area contributed by atoms with Gasteiger partial charge in [-0.05, 0) is 30.2 Å². The number of esters is 2. The average Bonchev–Trinajstić information content (AvgIpc) is 2.54. The van der Waals surface area contributed by atoms with Crippen LogP contribution in [0.1, 0.15) is 28.4 Å². The summed E-state index contributed by atoms with van der Waals surface area (Å²) >= 11 is 0. The maximum absolute atomic E-state index is 12.0. The van der Waals surface area contributed by atoms with E-state index in [-0.39, 0.29) is 19.0 Å². The summed E-state index contributed by atoms with van der Waals surface area (Å²) in [6.45, 7) is 2.33. The predicted octanol–water partition coefficient (Wildman–Crippen LogP) is 3.15. The molecule has 0 unspecified atom stereocenters. The van der Waals surface area contributed by atoms with Crippen LogP contribution in [0.5, 0.6) is 0 Å². The van der Waals surface area contributed by atoms with Crippen molar-refractivity contribution in [3.8, 4) is 0 Å². The van der Waals surface area contributed by atoms with E-state index < -0.39 is 5.97 Å². The highest BCUT2D eigenvalue weighted by molar-refractivity contribution is 5.89. The van der Waals surface area contributed by atoms with Crippen molar-refractivity contribution in [1.82, 2.24) is 0 Å². The largest absolute Gasteiger partial charge is 0.466 e. The Morgan fingerprint density at radius 3 is 2.36 bits per heavy atom. The lowest BCUT2D eigenvalue weighted by Gasteiger charge is -2.07. The number of hydrogen-bond acceptors (Lipinski definition) is 4. The fraction of sp³-hybridized carbons (Fsp3) is 0.222. The van der Waals surface area contributed by atoms with Crippen molar-refractivity contribution in [3.63, 3.8) is 0 Å². The van der Waals surface area contributed by atoms with Crippen LogP contribution >= 0.6 is 0 Å². The number of rotatable bonds is 6. The lowest BCUT2D eigenvalue weighted by molar-refractivity contribution is -0.142. The molecule has 0 atom stereocenters. The van der Waals surface area contributed by atoms with Crippen molar-refractivity contribution in [2.75, 3.05) is 6.61 Å². The molecule has 0 bridgehead atoms. The predicted molar refractivity (Wildman–Crippen MR) is 82.3 cm³/mol. The van der Waals surface area contributed by atoms with Crippen LogP contribution in [-0.2, 0) is 27.3 Å². The van der Waals surface area contributed by atoms with E-state index in [1.54, 1.807) is 31.2 Å². The second kappa shape index (κ2) is 7.98. The molecular formula is C18H18O4. The summed E-state index contributed by atoms with van der Waals surface area (Å²) < 4.78 is 10.2. The summed E-state index contributed by atoms with van der Waals surface area (Å²) in [4.78, 5) is 23.5. The second-order valence-corrected chi connectivity index (χ2v) is 4.74. The molecule has 4 heteroatoms. The molecule has 0 N–H and O–H groups in total. The van der Waals surface area contributed by atoms with Gasteiger partial charge < -0.3 is 9.47 Å². The van der Waals surface area contributed by atoms with Crippen molar-refractivity contribution >= 4 is 11.9 Å². The first-order valence-electron chi connectivity index (χ1n) is 7.14. The zero-order valence-electron chi connectivity index (χ0n) is 12.5. The first kappa shape index (κ1) is 15.8. The first-order valence-corrected chi connectivity index (χ1v) is 7.14. The molecule has 0 radical (unpaired) electrons. The molecule has 114 valence electrons. The monoisotopic (exact) mass is 298 g/mol. The second-order valence-electron chi connectivity index (χ2n) is 4.74. The molecule has 0 fully saturated rings. The molecule has 0 saturated heterocycles. The molecule has 2 aromatic rings. The van der Waals surface area contributed by atoms with Crippen LogP contribution in [0.15, 0.2) is 54.6 Å². The van der Waals surface area contributed by atoms with Crippen molar-refractivity contribution in [2.24, 2.45) is 0 Å². The minimum absolute atomic E-state index is 0.146. The summed E-state index contributed by atoms with van der Waals surface area (Å²) in [5.74, 6) is -0.716. The van der Waals surface area contributed by atoms with Gasteiger partial charge >= 0.3 is 11.9 Å². The molecule has 0 aliphatic rings. The molecule has 2 rings (SSSR count). The Morgan fingerprint density at radius 2 is 1.64 bits per heavy atom. The maximum Gasteiger partial charge on any atom is 0.338 e. The fourth-order valence-electron chi connectivity index (χ4n) is 1.99. The highest BCUT2D eigenvalue weighted by Crippen LogP contribution is 2.10. The molecule has 0 aromatic heterocycles. The molecule has 0 aliphatic carbocycles. The van der Waals surface area contributed by atoms with Gasteiger partial charge in [0.25, 0.3) is 0 Å². The quantitative estimate of drug-likeness (QED) is 0.769. The zero-order valence-corrected chi connectivity index (χ0v) is 12.5. The molecule has 2 aromatic carbocycles. The first-order chi connectivity index (χ1) is 10.7. The van der Waals surface area contributed by atoms with Crippen molar-refractivity contribution in [3.05, 3.63) is 71.3 Å². The molecule has 22 heavy (non-hydrogen) atoms. The summed E-state index contributed by atoms with van der Waals surface area (Å²) in [7, 11) is 0. The Balaban J connectivity index is 1.96. The third-order valence-electron chi connectivity index (χ3n) is 3.03. The van der Waals surface area contributed by atoms with Crippen molar-refractivity contribution in [1.29, 1.82) is 0 Å². The Labute approximate surface area is 129 Å². The normalized spacial score (nSPS) is 10.0. The van der Waals surface area contributed by atoms with Crippen LogP contribution in [0.25, 0.3) is 0 Å². The minimum Gasteiger partial charge on any atom is -0.466 e. The number of carbonyl (C=O) groups is 2. The Kier molecular flexibility index (Phi) is 5.72. The van der Waals surface area contributed by atoms with Crippen LogP contribution in [0.3, 0.4) is 0 Å². The van der Waals surface area contributed by atoms with E-state index in [0.29, 0.717) is 12.2 Å². The van der Waals surface area contributed by atoms with E-state index in [1.807, 2.05) is 30.3 Å². The number of carbonyl (C=O) groups excluding carboxylic acids is 2. The van der Waals surface area contributed by atoms with Gasteiger partial charge in [-0.25, -0.2) is 4.79 Å². The van der Waals surface area contributed by atoms with Crippen LogP contribution in [-0.4, -0.2) is 18.5 Å². The van der Waals surface area contributed by atoms with Gasteiger partial charge in [0, 0.05) is 0 Å². The maximum atomic E-state index is 12.0. The summed E-state index contributed by atoms with van der Waals surface area (Å²) in [5.41, 5.74) is 2.09. The van der Waals surface area contributed by atoms with Crippen molar-refractivity contribution < 1.29 is 19.1 Å². The standard InChI is InChI=1S/C18H18O4/c1-2-21-17(19)12-15-9-6-10-16(11-15)18(20)22-13-14-7-4-3-5-8-14/h3-11H,2,12-13H2,1H3. The molecular weight excluding hydrogens is 280 g/mol. The zero-order chi connectivity index (χ0) is 15.8. The average molecular weight is 298 g/mol.